The molecule has 2 aliphatic rings. The molecule has 0 unspecified atom stereocenters. The summed E-state index contributed by atoms with van der Waals surface area (Å²) in [4.78, 5) is 4.80. The van der Waals surface area contributed by atoms with Crippen molar-refractivity contribution in [2.75, 3.05) is 9.80 Å². The first-order chi connectivity index (χ1) is 63.0. The second-order valence-corrected chi connectivity index (χ2v) is 33.3. The number of hydrogen-bond donors (Lipinski definition) is 0. The Morgan fingerprint density at radius 2 is 0.465 bits per heavy atom. The molecule has 0 spiro atoms. The number of aromatic nitrogens is 2. The van der Waals surface area contributed by atoms with Gasteiger partial charge in [-0.25, -0.2) is 0 Å². The second kappa shape index (κ2) is 30.8. The van der Waals surface area contributed by atoms with Crippen LogP contribution in [0.3, 0.4) is 0 Å². The molecule has 3 aromatic heterocycles. The van der Waals surface area contributed by atoms with Gasteiger partial charge in [-0.15, -0.1) is 0 Å². The van der Waals surface area contributed by atoms with Crippen molar-refractivity contribution in [3.8, 4) is 67.0 Å². The maximum Gasteiger partial charge on any atom is 0.137 e. The molecule has 0 saturated carbocycles. The summed E-state index contributed by atoms with van der Waals surface area (Å²) in [5, 5.41) is 7.20. The first-order valence-electron chi connectivity index (χ1n) is 43.8. The molecule has 0 fully saturated rings. The van der Waals surface area contributed by atoms with Crippen LogP contribution in [-0.4, -0.2) is 9.13 Å². The quantitative estimate of drug-likeness (QED) is 0.102. The molecular formula is C122H82N4O. The molecule has 0 atom stereocenters. The number of rotatable bonds is 15. The van der Waals surface area contributed by atoms with Crippen LogP contribution in [0.4, 0.5) is 34.1 Å². The number of para-hydroxylation sites is 5. The Labute approximate surface area is 737 Å². The lowest BCUT2D eigenvalue weighted by atomic mass is 9.67. The predicted octanol–water partition coefficient (Wildman–Crippen LogP) is 32.1. The molecule has 0 amide bonds. The van der Waals surface area contributed by atoms with Crippen molar-refractivity contribution >= 4 is 99.7 Å². The lowest BCUT2D eigenvalue weighted by Gasteiger charge is -2.35. The van der Waals surface area contributed by atoms with E-state index < -0.39 is 10.8 Å². The van der Waals surface area contributed by atoms with Crippen LogP contribution < -0.4 is 9.80 Å². The van der Waals surface area contributed by atoms with E-state index in [0.717, 1.165) is 73.0 Å². The Hall–Kier alpha value is -16.6. The fourth-order valence-corrected chi connectivity index (χ4v) is 20.9. The number of fused-ring (bicyclic) bond motifs is 15. The molecule has 20 aromatic carbocycles. The topological polar surface area (TPSA) is 29.5 Å². The van der Waals surface area contributed by atoms with Crippen LogP contribution in [0.2, 0.25) is 0 Å². The summed E-state index contributed by atoms with van der Waals surface area (Å²) in [5.74, 6) is 0. The molecule has 127 heavy (non-hydrogen) atoms. The molecule has 25 rings (SSSR count). The number of furan rings is 1. The van der Waals surface area contributed by atoms with Crippen LogP contribution in [0.1, 0.15) is 44.5 Å². The van der Waals surface area contributed by atoms with E-state index in [0.29, 0.717) is 0 Å². The zero-order valence-electron chi connectivity index (χ0n) is 69.5. The predicted molar refractivity (Wildman–Crippen MR) is 529 cm³/mol. The first kappa shape index (κ1) is 74.2. The Kier molecular flexibility index (Phi) is 18.0. The Bertz CT molecular complexity index is 8010. The Morgan fingerprint density at radius 3 is 0.898 bits per heavy atom. The van der Waals surface area contributed by atoms with Crippen LogP contribution in [0, 0.1) is 0 Å². The van der Waals surface area contributed by atoms with E-state index in [4.69, 9.17) is 4.42 Å². The third-order valence-corrected chi connectivity index (χ3v) is 26.5. The maximum atomic E-state index is 6.52. The van der Waals surface area contributed by atoms with Crippen LogP contribution in [0.25, 0.3) is 133 Å². The van der Waals surface area contributed by atoms with Gasteiger partial charge in [-0.3, -0.25) is 0 Å². The van der Waals surface area contributed by atoms with Crippen molar-refractivity contribution in [3.63, 3.8) is 0 Å². The van der Waals surface area contributed by atoms with Gasteiger partial charge in [0.1, 0.15) is 11.2 Å². The van der Waals surface area contributed by atoms with Crippen molar-refractivity contribution in [3.05, 3.63) is 542 Å². The molecule has 5 nitrogen and oxygen atoms in total. The van der Waals surface area contributed by atoms with E-state index in [1.807, 2.05) is 12.1 Å². The minimum atomic E-state index is -0.523. The maximum absolute atomic E-state index is 6.52. The highest BCUT2D eigenvalue weighted by molar-refractivity contribution is 6.12. The van der Waals surface area contributed by atoms with Crippen LogP contribution in [0.15, 0.2) is 502 Å². The summed E-state index contributed by atoms with van der Waals surface area (Å²) in [7, 11) is 0. The SMILES string of the molecule is c1ccc(-c2ccc(N(c3ccc(-c4ccc5c(c4)c4ccccc4n5-c4ccccc4)cc3)c3ccc4c(c3)C(c3ccccc3)(c3ccccc3)c3ccccc3-4)cc2)cc1.c1ccc(-n2c3ccccc3c3cc(-c4ccc(N(c5ccc6c(c5)C(c5ccccc5)(c5ccccc5)c5ccccc5-6)c5ccc6c(c5)oc5ccccc56)cc4)ccc32)cc1. The molecule has 596 valence electrons. The zero-order chi connectivity index (χ0) is 83.9. The number of hydrogen-bond acceptors (Lipinski definition) is 3. The van der Waals surface area contributed by atoms with Crippen LogP contribution in [0.5, 0.6) is 0 Å². The van der Waals surface area contributed by atoms with Crippen molar-refractivity contribution in [2.45, 2.75) is 10.8 Å². The molecule has 0 saturated heterocycles. The summed E-state index contributed by atoms with van der Waals surface area (Å²) in [5.41, 5.74) is 36.6. The van der Waals surface area contributed by atoms with Gasteiger partial charge in [0.2, 0.25) is 0 Å². The molecule has 2 aliphatic carbocycles. The molecule has 0 aliphatic heterocycles. The number of benzene rings is 20. The van der Waals surface area contributed by atoms with Gasteiger partial charge < -0.3 is 23.4 Å². The molecule has 0 bridgehead atoms. The van der Waals surface area contributed by atoms with Crippen LogP contribution in [-0.2, 0) is 10.8 Å². The smallest absolute Gasteiger partial charge is 0.137 e. The van der Waals surface area contributed by atoms with E-state index in [1.165, 1.54) is 138 Å². The molecule has 3 heterocycles. The largest absolute Gasteiger partial charge is 0.456 e. The zero-order valence-corrected chi connectivity index (χ0v) is 69.5. The highest BCUT2D eigenvalue weighted by atomic mass is 16.3. The fraction of sp³-hybridized carbons (Fsp3) is 0.0164. The molecule has 23 aromatic rings. The van der Waals surface area contributed by atoms with Gasteiger partial charge in [0.25, 0.3) is 0 Å². The monoisotopic (exact) mass is 1620 g/mol. The highest BCUT2D eigenvalue weighted by Crippen LogP contribution is 2.60. The summed E-state index contributed by atoms with van der Waals surface area (Å²) in [6, 6.07) is 181. The fourth-order valence-electron chi connectivity index (χ4n) is 20.9. The minimum absolute atomic E-state index is 0.501. The van der Waals surface area contributed by atoms with E-state index in [-0.39, 0.29) is 0 Å². The standard InChI is InChI=1S/C61H40N2O.C61H42N2/c1-4-16-43(17-5-1)61(44-18-6-2-7-19-44)55-25-13-10-22-49(55)50-35-33-47(39-56(50)61)62(48-34-36-53-52-24-12-15-27-59(52)64-60(53)40-48)46-31-28-41(29-32-46)42-30-37-58-54(38-42)51-23-11-14-26-57(51)63(58)45-20-8-3-9-21-45;1-5-17-43(18-6-1)44-29-34-50(35-30-44)62(51-36-31-45(32-37-51)46-33-40-60-56(41-46)55-26-14-16-28-59(55)63(60)49-23-11-4-12-24-49)52-38-39-54-53-25-13-15-27-57(53)61(58(54)42-52,47-19-7-2-8-20-47)48-21-9-3-10-22-48/h1-40H;1-42H. The van der Waals surface area contributed by atoms with Crippen molar-refractivity contribution in [1.82, 2.24) is 9.13 Å². The molecule has 5 heteroatoms. The van der Waals surface area contributed by atoms with Gasteiger partial charge in [-0.1, -0.05) is 352 Å². The average molecular weight is 1620 g/mol. The average Bonchev–Trinajstić information content (AvgIpc) is 1.56. The van der Waals surface area contributed by atoms with E-state index >= 15 is 0 Å². The first-order valence-corrected chi connectivity index (χ1v) is 43.8. The second-order valence-electron chi connectivity index (χ2n) is 33.3. The summed E-state index contributed by atoms with van der Waals surface area (Å²) in [6.45, 7) is 0. The Balaban J connectivity index is 0.000000142. The van der Waals surface area contributed by atoms with Gasteiger partial charge in [0.05, 0.1) is 32.9 Å². The van der Waals surface area contributed by atoms with E-state index in [9.17, 15) is 0 Å². The van der Waals surface area contributed by atoms with Gasteiger partial charge in [0.15, 0.2) is 0 Å². The van der Waals surface area contributed by atoms with Crippen LogP contribution >= 0.6 is 0 Å². The summed E-state index contributed by atoms with van der Waals surface area (Å²) in [6.07, 6.45) is 0. The lowest BCUT2D eigenvalue weighted by molar-refractivity contribution is 0.669. The highest BCUT2D eigenvalue weighted by Gasteiger charge is 2.48. The lowest BCUT2D eigenvalue weighted by Crippen LogP contribution is -2.28. The molecule has 0 N–H and O–H groups in total. The van der Waals surface area contributed by atoms with E-state index in [2.05, 4.69) is 504 Å². The van der Waals surface area contributed by atoms with E-state index in [1.54, 1.807) is 0 Å². The number of nitrogens with zero attached hydrogens (tertiary/aromatic N) is 4. The summed E-state index contributed by atoms with van der Waals surface area (Å²) >= 11 is 0. The third kappa shape index (κ3) is 12.2. The number of anilines is 6. The third-order valence-electron chi connectivity index (χ3n) is 26.5. The van der Waals surface area contributed by atoms with Crippen molar-refractivity contribution in [1.29, 1.82) is 0 Å². The Morgan fingerprint density at radius 1 is 0.173 bits per heavy atom. The normalized spacial score (nSPS) is 12.7. The minimum Gasteiger partial charge on any atom is -0.456 e. The van der Waals surface area contributed by atoms with Crippen molar-refractivity contribution in [2.24, 2.45) is 0 Å². The molecule has 0 radical (unpaired) electrons. The van der Waals surface area contributed by atoms with Gasteiger partial charge in [0, 0.05) is 83.9 Å². The van der Waals surface area contributed by atoms with Crippen molar-refractivity contribution < 1.29 is 4.42 Å². The summed E-state index contributed by atoms with van der Waals surface area (Å²) < 4.78 is 11.3. The molecular weight excluding hydrogens is 1540 g/mol. The van der Waals surface area contributed by atoms with Gasteiger partial charge in [-0.2, -0.15) is 0 Å². The van der Waals surface area contributed by atoms with Gasteiger partial charge in [-0.05, 0) is 240 Å². The van der Waals surface area contributed by atoms with Gasteiger partial charge >= 0.3 is 0 Å².